The number of amides is 2. The molecule has 1 aliphatic heterocycles. The zero-order chi connectivity index (χ0) is 10.0. The minimum absolute atomic E-state index is 0.292. The predicted molar refractivity (Wildman–Crippen MR) is 53.3 cm³/mol. The smallest absolute Gasteiger partial charge is 0.262 e. The summed E-state index contributed by atoms with van der Waals surface area (Å²) in [6, 6.07) is 0. The first-order chi connectivity index (χ1) is 6.13. The number of nitrogens with zero attached hydrogens (tertiary/aromatic N) is 1. The van der Waals surface area contributed by atoms with E-state index >= 15 is 0 Å². The summed E-state index contributed by atoms with van der Waals surface area (Å²) in [5.41, 5.74) is 0.686. The Balaban J connectivity index is 3.24. The molecular formula is C9H9NO2S. The third-order valence-corrected chi connectivity index (χ3v) is 2.05. The first-order valence-corrected chi connectivity index (χ1v) is 4.25. The van der Waals surface area contributed by atoms with Crippen LogP contribution >= 0.6 is 12.2 Å². The van der Waals surface area contributed by atoms with Crippen molar-refractivity contribution in [3.8, 4) is 0 Å². The zero-order valence-electron chi connectivity index (χ0n) is 7.40. The molecule has 0 bridgehead atoms. The van der Waals surface area contributed by atoms with E-state index in [0.29, 0.717) is 11.1 Å². The van der Waals surface area contributed by atoms with Crippen molar-refractivity contribution in [1.82, 2.24) is 4.90 Å². The van der Waals surface area contributed by atoms with Crippen LogP contribution in [0.2, 0.25) is 0 Å². The molecule has 68 valence electrons. The van der Waals surface area contributed by atoms with Gasteiger partial charge in [-0.15, -0.1) is 0 Å². The number of hydrogen-bond donors (Lipinski definition) is 0. The van der Waals surface area contributed by atoms with Crippen LogP contribution in [0.25, 0.3) is 0 Å². The highest BCUT2D eigenvalue weighted by atomic mass is 32.1. The van der Waals surface area contributed by atoms with E-state index in [1.165, 1.54) is 12.4 Å². The van der Waals surface area contributed by atoms with Gasteiger partial charge in [0.2, 0.25) is 0 Å². The quantitative estimate of drug-likeness (QED) is 0.484. The van der Waals surface area contributed by atoms with Crippen LogP contribution in [0, 0.1) is 0 Å². The summed E-state index contributed by atoms with van der Waals surface area (Å²) in [5, 5.41) is 1.25. The van der Waals surface area contributed by atoms with Gasteiger partial charge in [0.25, 0.3) is 11.8 Å². The van der Waals surface area contributed by atoms with Crippen molar-refractivity contribution in [3.63, 3.8) is 0 Å². The number of rotatable bonds is 2. The summed E-state index contributed by atoms with van der Waals surface area (Å²) in [7, 11) is 1.44. The Morgan fingerprint density at radius 1 is 1.23 bits per heavy atom. The van der Waals surface area contributed by atoms with E-state index in [9.17, 15) is 9.59 Å². The fourth-order valence-corrected chi connectivity index (χ4v) is 1.35. The number of likely N-dealkylation sites (N-methyl/N-ethyl adjacent to an activating group) is 1. The van der Waals surface area contributed by atoms with Crippen LogP contribution in [0.1, 0.15) is 6.92 Å². The second kappa shape index (κ2) is 3.62. The number of imide groups is 1. The van der Waals surface area contributed by atoms with Gasteiger partial charge in [-0.3, -0.25) is 14.5 Å². The molecule has 0 aromatic rings. The van der Waals surface area contributed by atoms with Gasteiger partial charge in [0.05, 0.1) is 11.1 Å². The molecule has 4 heteroatoms. The molecule has 3 nitrogen and oxygen atoms in total. The molecule has 0 spiro atoms. The second-order valence-electron chi connectivity index (χ2n) is 2.61. The van der Waals surface area contributed by atoms with Gasteiger partial charge in [-0.05, 0) is 6.92 Å². The molecule has 1 heterocycles. The fraction of sp³-hybridized carbons (Fsp3) is 0.222. The minimum atomic E-state index is -0.326. The third-order valence-electron chi connectivity index (χ3n) is 1.81. The van der Waals surface area contributed by atoms with Crippen molar-refractivity contribution >= 4 is 29.4 Å². The highest BCUT2D eigenvalue weighted by Gasteiger charge is 2.32. The molecule has 0 saturated heterocycles. The summed E-state index contributed by atoms with van der Waals surface area (Å²) in [6.45, 7) is 1.78. The summed E-state index contributed by atoms with van der Waals surface area (Å²) in [4.78, 5) is 23.8. The van der Waals surface area contributed by atoms with Crippen LogP contribution in [-0.2, 0) is 9.59 Å². The maximum Gasteiger partial charge on any atom is 0.262 e. The van der Waals surface area contributed by atoms with Gasteiger partial charge in [0.15, 0.2) is 0 Å². The highest BCUT2D eigenvalue weighted by Crippen LogP contribution is 2.18. The number of hydrogen-bond acceptors (Lipinski definition) is 3. The Morgan fingerprint density at radius 2 is 1.77 bits per heavy atom. The van der Waals surface area contributed by atoms with Gasteiger partial charge in [-0.25, -0.2) is 0 Å². The number of allylic oxidation sites excluding steroid dienone is 1. The standard InChI is InChI=1S/C9H9NO2S/c1-3-4-6-7(5-13)9(12)10(2)8(6)11/h3-5H,1-2H3/b4-3-. The molecule has 0 unspecified atom stereocenters. The average molecular weight is 195 g/mol. The number of carbonyl (C=O) groups excluding carboxylic acids is 2. The molecule has 0 saturated carbocycles. The van der Waals surface area contributed by atoms with E-state index in [-0.39, 0.29) is 11.8 Å². The first-order valence-electron chi connectivity index (χ1n) is 3.78. The molecule has 2 amide bonds. The van der Waals surface area contributed by atoms with E-state index in [2.05, 4.69) is 12.2 Å². The molecule has 1 rings (SSSR count). The summed E-state index contributed by atoms with van der Waals surface area (Å²) in [5.74, 6) is -0.618. The highest BCUT2D eigenvalue weighted by molar-refractivity contribution is 7.79. The van der Waals surface area contributed by atoms with Crippen LogP contribution in [0.4, 0.5) is 0 Å². The monoisotopic (exact) mass is 195 g/mol. The van der Waals surface area contributed by atoms with Gasteiger partial charge in [0, 0.05) is 12.4 Å². The maximum absolute atomic E-state index is 11.4. The fourth-order valence-electron chi connectivity index (χ4n) is 1.13. The summed E-state index contributed by atoms with van der Waals surface area (Å²) >= 11 is 4.67. The molecule has 0 fully saturated rings. The van der Waals surface area contributed by atoms with E-state index in [1.807, 2.05) is 0 Å². The molecule has 0 aliphatic carbocycles. The minimum Gasteiger partial charge on any atom is -0.277 e. The topological polar surface area (TPSA) is 37.4 Å². The summed E-state index contributed by atoms with van der Waals surface area (Å²) < 4.78 is 0. The molecule has 0 aromatic carbocycles. The van der Waals surface area contributed by atoms with Crippen molar-refractivity contribution < 1.29 is 9.59 Å². The maximum atomic E-state index is 11.4. The number of carbonyl (C=O) groups is 2. The molecule has 1 aliphatic rings. The van der Waals surface area contributed by atoms with Crippen LogP contribution in [0.15, 0.2) is 23.3 Å². The van der Waals surface area contributed by atoms with Gasteiger partial charge >= 0.3 is 0 Å². The van der Waals surface area contributed by atoms with E-state index < -0.39 is 0 Å². The SMILES string of the molecule is C/C=C\C1=C(C=S)C(=O)N(C)C1=O. The molecule has 0 aromatic heterocycles. The van der Waals surface area contributed by atoms with E-state index in [1.54, 1.807) is 19.1 Å². The molecule has 0 N–H and O–H groups in total. The van der Waals surface area contributed by atoms with Gasteiger partial charge in [-0.2, -0.15) is 0 Å². The third kappa shape index (κ3) is 1.45. The number of thiocarbonyl (C=S) groups is 1. The second-order valence-corrected chi connectivity index (χ2v) is 2.85. The Hall–Kier alpha value is -1.29. The first kappa shape index (κ1) is 9.80. The van der Waals surface area contributed by atoms with Crippen molar-refractivity contribution in [3.05, 3.63) is 23.3 Å². The van der Waals surface area contributed by atoms with Crippen molar-refractivity contribution in [2.75, 3.05) is 7.05 Å². The molecule has 0 radical (unpaired) electrons. The molecule has 13 heavy (non-hydrogen) atoms. The average Bonchev–Trinajstić information content (AvgIpc) is 2.32. The molecule has 0 atom stereocenters. The van der Waals surface area contributed by atoms with Crippen molar-refractivity contribution in [2.24, 2.45) is 0 Å². The van der Waals surface area contributed by atoms with Gasteiger partial charge < -0.3 is 0 Å². The Kier molecular flexibility index (Phi) is 2.72. The van der Waals surface area contributed by atoms with E-state index in [0.717, 1.165) is 4.90 Å². The lowest BCUT2D eigenvalue weighted by Gasteiger charge is -2.04. The lowest BCUT2D eigenvalue weighted by atomic mass is 10.1. The summed E-state index contributed by atoms with van der Waals surface area (Å²) in [6.07, 6.45) is 3.31. The van der Waals surface area contributed by atoms with E-state index in [4.69, 9.17) is 0 Å². The normalized spacial score (nSPS) is 17.8. The van der Waals surface area contributed by atoms with Crippen LogP contribution < -0.4 is 0 Å². The zero-order valence-corrected chi connectivity index (χ0v) is 8.22. The lowest BCUT2D eigenvalue weighted by molar-refractivity contribution is -0.135. The van der Waals surface area contributed by atoms with Crippen molar-refractivity contribution in [2.45, 2.75) is 6.92 Å². The molecular weight excluding hydrogens is 186 g/mol. The predicted octanol–water partition coefficient (Wildman–Crippen LogP) is 0.857. The Bertz CT molecular complexity index is 342. The lowest BCUT2D eigenvalue weighted by Crippen LogP contribution is -2.26. The largest absolute Gasteiger partial charge is 0.277 e. The Morgan fingerprint density at radius 3 is 2.23 bits per heavy atom. The van der Waals surface area contributed by atoms with Crippen LogP contribution in [0.3, 0.4) is 0 Å². The van der Waals surface area contributed by atoms with Crippen molar-refractivity contribution in [1.29, 1.82) is 0 Å². The van der Waals surface area contributed by atoms with Crippen LogP contribution in [0.5, 0.6) is 0 Å². The van der Waals surface area contributed by atoms with Gasteiger partial charge in [0.1, 0.15) is 0 Å². The van der Waals surface area contributed by atoms with Gasteiger partial charge in [-0.1, -0.05) is 24.4 Å². The Labute approximate surface area is 81.7 Å². The van der Waals surface area contributed by atoms with Crippen LogP contribution in [-0.4, -0.2) is 29.1 Å².